The van der Waals surface area contributed by atoms with Crippen LogP contribution in [0.3, 0.4) is 0 Å². The summed E-state index contributed by atoms with van der Waals surface area (Å²) in [6.45, 7) is 12.8. The topological polar surface area (TPSA) is 52.6 Å². The lowest BCUT2D eigenvalue weighted by Gasteiger charge is -2.38. The van der Waals surface area contributed by atoms with E-state index in [0.717, 1.165) is 35.1 Å². The average molecular weight is 379 g/mol. The van der Waals surface area contributed by atoms with Gasteiger partial charge in [0.25, 0.3) is 0 Å². The van der Waals surface area contributed by atoms with Gasteiger partial charge in [-0.15, -0.1) is 0 Å². The van der Waals surface area contributed by atoms with Crippen LogP contribution in [-0.4, -0.2) is 40.9 Å². The molecule has 0 aromatic heterocycles. The van der Waals surface area contributed by atoms with Gasteiger partial charge in [-0.05, 0) is 50.8 Å². The van der Waals surface area contributed by atoms with Gasteiger partial charge in [0, 0.05) is 17.3 Å². The molecule has 0 aliphatic heterocycles. The third kappa shape index (κ3) is 4.82. The van der Waals surface area contributed by atoms with Gasteiger partial charge in [-0.1, -0.05) is 44.0 Å². The molecule has 0 radical (unpaired) electrons. The monoisotopic (exact) mass is 378 g/mol. The molecule has 0 saturated heterocycles. The molecule has 1 amide bonds. The molecule has 1 atom stereocenters. The van der Waals surface area contributed by atoms with Gasteiger partial charge in [0.15, 0.2) is 0 Å². The summed E-state index contributed by atoms with van der Waals surface area (Å²) in [5.74, 6) is 0. The van der Waals surface area contributed by atoms with E-state index in [4.69, 9.17) is 12.2 Å². The highest BCUT2D eigenvalue weighted by atomic mass is 32.1. The Morgan fingerprint density at radius 3 is 2.52 bits per heavy atom. The predicted molar refractivity (Wildman–Crippen MR) is 110 cm³/mol. The highest BCUT2D eigenvalue weighted by Gasteiger charge is 2.37. The molecule has 2 N–H and O–H groups in total. The second-order valence-corrected chi connectivity index (χ2v) is 14.9. The quantitative estimate of drug-likeness (QED) is 0.594. The molecule has 1 aliphatic carbocycles. The van der Waals surface area contributed by atoms with Crippen molar-refractivity contribution >= 4 is 31.4 Å². The summed E-state index contributed by atoms with van der Waals surface area (Å²) < 4.78 is 0. The normalized spacial score (nSPS) is 17.1. The lowest BCUT2D eigenvalue weighted by atomic mass is 9.99. The van der Waals surface area contributed by atoms with E-state index in [0.29, 0.717) is 0 Å². The Hall–Kier alpha value is -1.40. The maximum atomic E-state index is 11.8. The molecule has 0 bridgehead atoms. The van der Waals surface area contributed by atoms with Gasteiger partial charge in [0.2, 0.25) is 0 Å². The minimum atomic E-state index is -1.20. The van der Waals surface area contributed by atoms with Crippen molar-refractivity contribution in [2.24, 2.45) is 0 Å². The summed E-state index contributed by atoms with van der Waals surface area (Å²) in [5, 5.41) is 13.1. The third-order valence-corrected chi connectivity index (χ3v) is 6.09. The van der Waals surface area contributed by atoms with Crippen molar-refractivity contribution in [1.82, 2.24) is 10.2 Å². The molecule has 0 heterocycles. The van der Waals surface area contributed by atoms with Crippen molar-refractivity contribution < 1.29 is 9.90 Å². The zero-order valence-corrected chi connectivity index (χ0v) is 18.0. The molecule has 4 nitrogen and oxygen atoms in total. The fraction of sp³-hybridized carbons (Fsp3) is 0.579. The van der Waals surface area contributed by atoms with Crippen LogP contribution >= 0.6 is 12.2 Å². The van der Waals surface area contributed by atoms with E-state index in [1.807, 2.05) is 26.8 Å². The van der Waals surface area contributed by atoms with Crippen LogP contribution < -0.4 is 5.32 Å². The summed E-state index contributed by atoms with van der Waals surface area (Å²) in [7, 11) is -1.20. The number of benzene rings is 1. The van der Waals surface area contributed by atoms with E-state index in [9.17, 15) is 9.90 Å². The number of aryl methyl sites for hydroxylation is 1. The first-order valence-corrected chi connectivity index (χ1v) is 12.9. The number of amides is 1. The molecule has 1 aromatic carbocycles. The fourth-order valence-electron chi connectivity index (χ4n) is 3.34. The molecular formula is C19H30N2O2SSi. The Bertz CT molecular complexity index is 677. The Morgan fingerprint density at radius 1 is 1.36 bits per heavy atom. The lowest BCUT2D eigenvalue weighted by molar-refractivity contribution is 0.0701. The zero-order chi connectivity index (χ0) is 19.0. The number of nitrogens with zero attached hydrogens (tertiary/aromatic N) is 1. The highest BCUT2D eigenvalue weighted by molar-refractivity contribution is 7.80. The molecule has 2 rings (SSSR count). The SMILES string of the molecule is CC(C)(C)N(C(=O)O)C1CCc2cc(C(=S)NC[Si](C)(C)C)ccc21. The van der Waals surface area contributed by atoms with Crippen LogP contribution in [0.4, 0.5) is 4.79 Å². The molecule has 0 saturated carbocycles. The second-order valence-electron chi connectivity index (χ2n) is 9.03. The molecular weight excluding hydrogens is 348 g/mol. The summed E-state index contributed by atoms with van der Waals surface area (Å²) in [4.78, 5) is 14.2. The fourth-order valence-corrected chi connectivity index (χ4v) is 4.37. The Morgan fingerprint density at radius 2 is 2.00 bits per heavy atom. The number of fused-ring (bicyclic) bond motifs is 1. The first kappa shape index (κ1) is 19.9. The van der Waals surface area contributed by atoms with Crippen molar-refractivity contribution in [3.63, 3.8) is 0 Å². The minimum absolute atomic E-state index is 0.0786. The minimum Gasteiger partial charge on any atom is -0.465 e. The molecule has 1 aromatic rings. The first-order chi connectivity index (χ1) is 11.4. The summed E-state index contributed by atoms with van der Waals surface area (Å²) >= 11 is 5.55. The van der Waals surface area contributed by atoms with E-state index in [-0.39, 0.29) is 6.04 Å². The molecule has 0 fully saturated rings. The van der Waals surface area contributed by atoms with Crippen molar-refractivity contribution in [3.05, 3.63) is 34.9 Å². The van der Waals surface area contributed by atoms with Crippen molar-refractivity contribution in [2.75, 3.05) is 6.17 Å². The van der Waals surface area contributed by atoms with Crippen LogP contribution in [0.2, 0.25) is 19.6 Å². The molecule has 138 valence electrons. The second kappa shape index (κ2) is 7.07. The maximum absolute atomic E-state index is 11.8. The third-order valence-electron chi connectivity index (χ3n) is 4.47. The standard InChI is InChI=1S/C19H30N2O2SSi/c1-19(2,3)21(18(22)23)16-10-8-13-11-14(7-9-15(13)16)17(24)20-12-25(4,5)6/h7,9,11,16H,8,10,12H2,1-6H3,(H,20,24)(H,22,23). The van der Waals surface area contributed by atoms with Crippen molar-refractivity contribution in [2.45, 2.75) is 64.8 Å². The van der Waals surface area contributed by atoms with Gasteiger partial charge in [0.05, 0.1) is 14.1 Å². The molecule has 6 heteroatoms. The summed E-state index contributed by atoms with van der Waals surface area (Å²) in [6.07, 6.45) is 1.83. The smallest absolute Gasteiger partial charge is 0.408 e. The van der Waals surface area contributed by atoms with E-state index in [1.54, 1.807) is 4.90 Å². The van der Waals surface area contributed by atoms with Gasteiger partial charge in [-0.2, -0.15) is 0 Å². The number of nitrogens with one attached hydrogen (secondary N) is 1. The van der Waals surface area contributed by atoms with Crippen LogP contribution in [0.25, 0.3) is 0 Å². The molecule has 25 heavy (non-hydrogen) atoms. The first-order valence-electron chi connectivity index (χ1n) is 8.83. The van der Waals surface area contributed by atoms with E-state index >= 15 is 0 Å². The number of thiocarbonyl (C=S) groups is 1. The largest absolute Gasteiger partial charge is 0.465 e. The molecule has 0 spiro atoms. The molecule has 1 unspecified atom stereocenters. The highest BCUT2D eigenvalue weighted by Crippen LogP contribution is 2.39. The van der Waals surface area contributed by atoms with Gasteiger partial charge in [-0.25, -0.2) is 4.79 Å². The summed E-state index contributed by atoms with van der Waals surface area (Å²) in [6, 6.07) is 6.15. The molecule has 1 aliphatic rings. The van der Waals surface area contributed by atoms with Gasteiger partial charge in [-0.3, -0.25) is 4.90 Å². The van der Waals surface area contributed by atoms with Crippen LogP contribution in [-0.2, 0) is 6.42 Å². The van der Waals surface area contributed by atoms with E-state index < -0.39 is 19.7 Å². The van der Waals surface area contributed by atoms with Crippen LogP contribution in [0.1, 0.15) is 49.9 Å². The van der Waals surface area contributed by atoms with Crippen LogP contribution in [0.5, 0.6) is 0 Å². The number of carbonyl (C=O) groups is 1. The number of hydrogen-bond donors (Lipinski definition) is 2. The predicted octanol–water partition coefficient (Wildman–Crippen LogP) is 4.59. The number of carboxylic acid groups (broad SMARTS) is 1. The number of hydrogen-bond acceptors (Lipinski definition) is 2. The van der Waals surface area contributed by atoms with Crippen LogP contribution in [0, 0.1) is 0 Å². The Kier molecular flexibility index (Phi) is 5.64. The summed E-state index contributed by atoms with van der Waals surface area (Å²) in [5.41, 5.74) is 2.94. The van der Waals surface area contributed by atoms with Gasteiger partial charge < -0.3 is 10.4 Å². The van der Waals surface area contributed by atoms with Gasteiger partial charge >= 0.3 is 6.09 Å². The zero-order valence-electron chi connectivity index (χ0n) is 16.1. The maximum Gasteiger partial charge on any atom is 0.408 e. The van der Waals surface area contributed by atoms with Crippen molar-refractivity contribution in [1.29, 1.82) is 0 Å². The lowest BCUT2D eigenvalue weighted by Crippen LogP contribution is -2.46. The van der Waals surface area contributed by atoms with Crippen LogP contribution in [0.15, 0.2) is 18.2 Å². The number of rotatable bonds is 4. The Labute approximate surface area is 157 Å². The van der Waals surface area contributed by atoms with E-state index in [1.165, 1.54) is 5.56 Å². The van der Waals surface area contributed by atoms with E-state index in [2.05, 4.69) is 37.1 Å². The van der Waals surface area contributed by atoms with Crippen molar-refractivity contribution in [3.8, 4) is 0 Å². The van der Waals surface area contributed by atoms with Gasteiger partial charge in [0.1, 0.15) is 4.99 Å². The Balaban J connectivity index is 2.23. The average Bonchev–Trinajstić information content (AvgIpc) is 2.85.